The zero-order valence-electron chi connectivity index (χ0n) is 14.2. The number of aromatic amines is 1. The third-order valence-electron chi connectivity index (χ3n) is 3.68. The Bertz CT molecular complexity index is 1100. The van der Waals surface area contributed by atoms with Crippen LogP contribution < -0.4 is 15.8 Å². The van der Waals surface area contributed by atoms with E-state index in [4.69, 9.17) is 11.6 Å². The van der Waals surface area contributed by atoms with Crippen LogP contribution in [0.25, 0.3) is 0 Å². The highest BCUT2D eigenvalue weighted by Gasteiger charge is 2.14. The number of anilines is 1. The Morgan fingerprint density at radius 3 is 2.33 bits per heavy atom. The van der Waals surface area contributed by atoms with Crippen molar-refractivity contribution in [2.75, 3.05) is 5.43 Å². The van der Waals surface area contributed by atoms with E-state index in [-0.39, 0.29) is 23.0 Å². The van der Waals surface area contributed by atoms with Gasteiger partial charge in [-0.15, -0.1) is 15.0 Å². The molecule has 3 aromatic rings. The number of nitrogens with zero attached hydrogens (tertiary/aromatic N) is 2. The molecule has 1 heterocycles. The Labute approximate surface area is 160 Å². The highest BCUT2D eigenvalue weighted by molar-refractivity contribution is 7.89. The van der Waals surface area contributed by atoms with Crippen LogP contribution in [0.3, 0.4) is 0 Å². The van der Waals surface area contributed by atoms with Crippen molar-refractivity contribution in [3.05, 3.63) is 80.7 Å². The van der Waals surface area contributed by atoms with Gasteiger partial charge in [0, 0.05) is 11.4 Å². The Balaban J connectivity index is 1.69. The molecule has 140 valence electrons. The first-order chi connectivity index (χ1) is 12.8. The molecule has 0 amide bonds. The van der Waals surface area contributed by atoms with Gasteiger partial charge in [-0.05, 0) is 36.8 Å². The van der Waals surface area contributed by atoms with E-state index in [2.05, 4.69) is 25.4 Å². The second-order valence-electron chi connectivity index (χ2n) is 5.80. The molecule has 3 N–H and O–H groups in total. The predicted octanol–water partition coefficient (Wildman–Crippen LogP) is 2.02. The van der Waals surface area contributed by atoms with Gasteiger partial charge in [0.25, 0.3) is 15.6 Å². The molecule has 0 saturated carbocycles. The molecule has 3 rings (SSSR count). The lowest BCUT2D eigenvalue weighted by molar-refractivity contribution is 0.587. The molecule has 0 fully saturated rings. The van der Waals surface area contributed by atoms with E-state index in [1.54, 1.807) is 36.4 Å². The molecule has 27 heavy (non-hydrogen) atoms. The van der Waals surface area contributed by atoms with Crippen LogP contribution >= 0.6 is 11.6 Å². The molecule has 0 aliphatic carbocycles. The first-order valence-corrected chi connectivity index (χ1v) is 9.74. The summed E-state index contributed by atoms with van der Waals surface area (Å²) in [6.45, 7) is 1.86. The quantitative estimate of drug-likeness (QED) is 0.540. The fraction of sp³-hybridized carbons (Fsp3) is 0.118. The minimum absolute atomic E-state index is 0.0789. The smallest absolute Gasteiger partial charge is 0.274 e. The average molecular weight is 406 g/mol. The second-order valence-corrected chi connectivity index (χ2v) is 7.92. The molecular weight excluding hydrogens is 390 g/mol. The monoisotopic (exact) mass is 405 g/mol. The highest BCUT2D eigenvalue weighted by Crippen LogP contribution is 2.12. The molecule has 8 nitrogen and oxygen atoms in total. The van der Waals surface area contributed by atoms with Crippen LogP contribution in [0.4, 0.5) is 5.95 Å². The molecule has 0 aliphatic heterocycles. The van der Waals surface area contributed by atoms with Gasteiger partial charge in [0.15, 0.2) is 0 Å². The molecule has 0 bridgehead atoms. The summed E-state index contributed by atoms with van der Waals surface area (Å²) < 4.78 is 24.4. The van der Waals surface area contributed by atoms with Gasteiger partial charge in [0.1, 0.15) is 5.69 Å². The molecule has 0 radical (unpaired) electrons. The normalized spacial score (nSPS) is 11.3. The Morgan fingerprint density at radius 1 is 1.04 bits per heavy atom. The topological polar surface area (TPSA) is 117 Å². The summed E-state index contributed by atoms with van der Waals surface area (Å²) in [4.78, 5) is 16.8. The standard InChI is InChI=1S/C17H16ClN5O3S/c1-11-2-8-14(9-3-11)27(25,26)23-22-17-19-16(24)15(20-21-17)10-12-4-6-13(18)7-5-12/h2-9,23H,10H2,1H3,(H2,19,21,22,24). The number of halogens is 1. The molecule has 0 saturated heterocycles. The summed E-state index contributed by atoms with van der Waals surface area (Å²) in [6, 6.07) is 13.3. The zero-order chi connectivity index (χ0) is 19.4. The lowest BCUT2D eigenvalue weighted by atomic mass is 10.1. The minimum atomic E-state index is -3.81. The third kappa shape index (κ3) is 4.91. The number of H-pyrrole nitrogens is 1. The van der Waals surface area contributed by atoms with Crippen LogP contribution in [-0.4, -0.2) is 23.6 Å². The Kier molecular flexibility index (Phi) is 5.54. The number of hydrogen-bond donors (Lipinski definition) is 3. The first kappa shape index (κ1) is 19.0. The fourth-order valence-corrected chi connectivity index (χ4v) is 3.19. The molecule has 1 aromatic heterocycles. The number of aromatic nitrogens is 3. The van der Waals surface area contributed by atoms with Crippen molar-refractivity contribution in [3.8, 4) is 0 Å². The van der Waals surface area contributed by atoms with E-state index < -0.39 is 15.6 Å². The van der Waals surface area contributed by atoms with Gasteiger partial charge >= 0.3 is 0 Å². The summed E-state index contributed by atoms with van der Waals surface area (Å²) in [5, 5.41) is 8.25. The van der Waals surface area contributed by atoms with E-state index in [9.17, 15) is 13.2 Å². The van der Waals surface area contributed by atoms with Gasteiger partial charge in [-0.1, -0.05) is 41.4 Å². The van der Waals surface area contributed by atoms with Crippen molar-refractivity contribution in [1.29, 1.82) is 0 Å². The van der Waals surface area contributed by atoms with Crippen molar-refractivity contribution in [2.24, 2.45) is 0 Å². The van der Waals surface area contributed by atoms with Crippen LogP contribution in [0.5, 0.6) is 0 Å². The molecule has 0 aliphatic rings. The number of sulfonamides is 1. The zero-order valence-corrected chi connectivity index (χ0v) is 15.8. The molecular formula is C17H16ClN5O3S. The van der Waals surface area contributed by atoms with Crippen LogP contribution in [0.15, 0.2) is 58.2 Å². The second kappa shape index (κ2) is 7.87. The third-order valence-corrected chi connectivity index (χ3v) is 5.20. The van der Waals surface area contributed by atoms with Gasteiger partial charge in [-0.25, -0.2) is 8.42 Å². The number of hydrogen-bond acceptors (Lipinski definition) is 6. The van der Waals surface area contributed by atoms with E-state index >= 15 is 0 Å². The molecule has 0 atom stereocenters. The van der Waals surface area contributed by atoms with Crippen molar-refractivity contribution >= 4 is 27.6 Å². The summed E-state index contributed by atoms with van der Waals surface area (Å²) >= 11 is 5.83. The Morgan fingerprint density at radius 2 is 1.70 bits per heavy atom. The fourth-order valence-electron chi connectivity index (χ4n) is 2.22. The Hall–Kier alpha value is -2.75. The number of hydrazine groups is 1. The molecule has 0 unspecified atom stereocenters. The van der Waals surface area contributed by atoms with Crippen molar-refractivity contribution in [2.45, 2.75) is 18.2 Å². The predicted molar refractivity (Wildman–Crippen MR) is 102 cm³/mol. The lowest BCUT2D eigenvalue weighted by Crippen LogP contribution is -2.32. The van der Waals surface area contributed by atoms with Crippen molar-refractivity contribution in [1.82, 2.24) is 20.0 Å². The van der Waals surface area contributed by atoms with Crippen LogP contribution in [0.1, 0.15) is 16.8 Å². The van der Waals surface area contributed by atoms with E-state index in [0.717, 1.165) is 11.1 Å². The number of nitrogens with one attached hydrogen (secondary N) is 3. The summed E-state index contributed by atoms with van der Waals surface area (Å²) in [6.07, 6.45) is 0.273. The van der Waals surface area contributed by atoms with Crippen LogP contribution in [-0.2, 0) is 16.4 Å². The van der Waals surface area contributed by atoms with Gasteiger partial charge in [-0.2, -0.15) is 0 Å². The lowest BCUT2D eigenvalue weighted by Gasteiger charge is -2.08. The van der Waals surface area contributed by atoms with E-state index in [1.165, 1.54) is 12.1 Å². The van der Waals surface area contributed by atoms with Gasteiger partial charge in [-0.3, -0.25) is 15.2 Å². The van der Waals surface area contributed by atoms with E-state index in [0.29, 0.717) is 5.02 Å². The average Bonchev–Trinajstić information content (AvgIpc) is 2.64. The molecule has 0 spiro atoms. The maximum absolute atomic E-state index is 12.2. The van der Waals surface area contributed by atoms with Gasteiger partial charge in [0.2, 0.25) is 5.95 Å². The van der Waals surface area contributed by atoms with Crippen molar-refractivity contribution in [3.63, 3.8) is 0 Å². The van der Waals surface area contributed by atoms with E-state index in [1.807, 2.05) is 6.92 Å². The van der Waals surface area contributed by atoms with Crippen molar-refractivity contribution < 1.29 is 8.42 Å². The molecule has 2 aromatic carbocycles. The van der Waals surface area contributed by atoms with Crippen LogP contribution in [0.2, 0.25) is 5.02 Å². The highest BCUT2D eigenvalue weighted by atomic mass is 35.5. The first-order valence-electron chi connectivity index (χ1n) is 7.88. The maximum Gasteiger partial charge on any atom is 0.274 e. The number of aryl methyl sites for hydroxylation is 1. The van der Waals surface area contributed by atoms with Gasteiger partial charge < -0.3 is 0 Å². The summed E-state index contributed by atoms with van der Waals surface area (Å²) in [7, 11) is -3.81. The summed E-state index contributed by atoms with van der Waals surface area (Å²) in [5.74, 6) is -0.115. The number of rotatable bonds is 6. The van der Waals surface area contributed by atoms with Gasteiger partial charge in [0.05, 0.1) is 4.90 Å². The maximum atomic E-state index is 12.2. The SMILES string of the molecule is Cc1ccc(S(=O)(=O)NNc2nnc(Cc3ccc(Cl)cc3)c(=O)[nH]2)cc1. The van der Waals surface area contributed by atoms with Crippen LogP contribution in [0, 0.1) is 6.92 Å². The molecule has 10 heteroatoms. The number of benzene rings is 2. The summed E-state index contributed by atoms with van der Waals surface area (Å²) in [5.41, 5.74) is 3.86. The largest absolute Gasteiger partial charge is 0.289 e. The minimum Gasteiger partial charge on any atom is -0.289 e.